The van der Waals surface area contributed by atoms with Crippen LogP contribution in [0.5, 0.6) is 17.2 Å². The minimum atomic E-state index is 0.0601. The Balaban J connectivity index is 1.74. The highest BCUT2D eigenvalue weighted by atomic mass is 16.5. The second-order valence-corrected chi connectivity index (χ2v) is 7.03. The van der Waals surface area contributed by atoms with Gasteiger partial charge in [0.2, 0.25) is 11.7 Å². The van der Waals surface area contributed by atoms with Crippen LogP contribution >= 0.6 is 0 Å². The maximum absolute atomic E-state index is 7.79. The van der Waals surface area contributed by atoms with Gasteiger partial charge in [0.05, 0.1) is 38.9 Å². The molecule has 0 unspecified atom stereocenters. The molecule has 160 valence electrons. The molecule has 0 fully saturated rings. The van der Waals surface area contributed by atoms with E-state index in [0.717, 1.165) is 40.8 Å². The molecule has 9 heteroatoms. The number of ether oxygens (including phenoxy) is 3. The Morgan fingerprint density at radius 1 is 1.10 bits per heavy atom. The van der Waals surface area contributed by atoms with Crippen molar-refractivity contribution in [3.8, 4) is 28.5 Å². The first kappa shape index (κ1) is 20.3. The molecule has 0 aliphatic heterocycles. The SMILES string of the molecule is COc1cc(-c2cn(N=C3CCc4c(C(=N)N)cccc43)c(N)n2)cc(OC)c1OC. The zero-order valence-electron chi connectivity index (χ0n) is 17.6. The lowest BCUT2D eigenvalue weighted by molar-refractivity contribution is 0.324. The topological polar surface area (TPSA) is 134 Å². The van der Waals surface area contributed by atoms with Crippen molar-refractivity contribution in [2.45, 2.75) is 12.8 Å². The third kappa shape index (κ3) is 3.54. The van der Waals surface area contributed by atoms with Gasteiger partial charge in [-0.05, 0) is 30.5 Å². The monoisotopic (exact) mass is 420 g/mol. The van der Waals surface area contributed by atoms with E-state index in [1.54, 1.807) is 32.2 Å². The molecule has 2 aromatic carbocycles. The summed E-state index contributed by atoms with van der Waals surface area (Å²) in [6.07, 6.45) is 3.27. The van der Waals surface area contributed by atoms with Crippen LogP contribution in [0.25, 0.3) is 11.3 Å². The molecule has 1 aliphatic rings. The van der Waals surface area contributed by atoms with Gasteiger partial charge in [-0.25, -0.2) is 9.66 Å². The van der Waals surface area contributed by atoms with E-state index in [4.69, 9.17) is 36.2 Å². The van der Waals surface area contributed by atoms with Gasteiger partial charge in [0.15, 0.2) is 11.5 Å². The molecule has 4 rings (SSSR count). The first-order valence-corrected chi connectivity index (χ1v) is 9.66. The second-order valence-electron chi connectivity index (χ2n) is 7.03. The zero-order chi connectivity index (χ0) is 22.1. The van der Waals surface area contributed by atoms with E-state index in [2.05, 4.69) is 4.98 Å². The van der Waals surface area contributed by atoms with Crippen LogP contribution in [0.15, 0.2) is 41.6 Å². The van der Waals surface area contributed by atoms with E-state index in [1.165, 1.54) is 0 Å². The lowest BCUT2D eigenvalue weighted by Gasteiger charge is -2.13. The largest absolute Gasteiger partial charge is 0.493 e. The van der Waals surface area contributed by atoms with Crippen molar-refractivity contribution in [2.75, 3.05) is 27.1 Å². The van der Waals surface area contributed by atoms with Gasteiger partial charge < -0.3 is 25.7 Å². The molecule has 0 saturated heterocycles. The Morgan fingerprint density at radius 3 is 2.42 bits per heavy atom. The third-order valence-electron chi connectivity index (χ3n) is 5.29. The molecule has 1 aromatic heterocycles. The molecule has 31 heavy (non-hydrogen) atoms. The lowest BCUT2D eigenvalue weighted by Crippen LogP contribution is -2.13. The molecule has 1 aliphatic carbocycles. The van der Waals surface area contributed by atoms with Crippen LogP contribution in [0.4, 0.5) is 5.95 Å². The molecule has 3 aromatic rings. The van der Waals surface area contributed by atoms with Gasteiger partial charge in [-0.3, -0.25) is 5.41 Å². The first-order valence-electron chi connectivity index (χ1n) is 9.66. The highest BCUT2D eigenvalue weighted by molar-refractivity contribution is 6.08. The minimum absolute atomic E-state index is 0.0601. The van der Waals surface area contributed by atoms with Gasteiger partial charge in [0.25, 0.3) is 0 Å². The van der Waals surface area contributed by atoms with Gasteiger partial charge in [-0.15, -0.1) is 0 Å². The van der Waals surface area contributed by atoms with E-state index in [1.807, 2.05) is 30.3 Å². The van der Waals surface area contributed by atoms with Crippen LogP contribution in [-0.2, 0) is 6.42 Å². The van der Waals surface area contributed by atoms with Crippen molar-refractivity contribution < 1.29 is 14.2 Å². The standard InChI is InChI=1S/C22H24N6O3/c1-29-18-9-12(10-19(30-2)20(18)31-3)17-11-28(22(25)26-17)27-16-8-7-13-14(16)5-4-6-15(13)21(23)24/h4-6,9-11H,7-8H2,1-3H3,(H3,23,24)(H2,25,26). The Kier molecular flexibility index (Phi) is 5.24. The molecule has 0 bridgehead atoms. The van der Waals surface area contributed by atoms with Gasteiger partial charge in [0, 0.05) is 16.7 Å². The number of nitrogen functional groups attached to an aromatic ring is 2. The molecule has 9 nitrogen and oxygen atoms in total. The summed E-state index contributed by atoms with van der Waals surface area (Å²) in [5, 5.41) is 12.5. The smallest absolute Gasteiger partial charge is 0.221 e. The van der Waals surface area contributed by atoms with Crippen molar-refractivity contribution >= 4 is 17.5 Å². The fourth-order valence-electron chi connectivity index (χ4n) is 3.82. The number of hydrogen-bond acceptors (Lipinski definition) is 7. The number of imidazole rings is 1. The number of rotatable bonds is 6. The number of nitrogens with one attached hydrogen (secondary N) is 1. The van der Waals surface area contributed by atoms with E-state index in [9.17, 15) is 0 Å². The van der Waals surface area contributed by atoms with Crippen molar-refractivity contribution in [1.82, 2.24) is 9.66 Å². The molecular weight excluding hydrogens is 396 g/mol. The average Bonchev–Trinajstić information content (AvgIpc) is 3.36. The number of amidine groups is 1. The van der Waals surface area contributed by atoms with Crippen LogP contribution < -0.4 is 25.7 Å². The predicted octanol–water partition coefficient (Wildman–Crippen LogP) is 2.64. The fraction of sp³-hybridized carbons (Fsp3) is 0.227. The maximum atomic E-state index is 7.79. The zero-order valence-corrected chi connectivity index (χ0v) is 17.6. The van der Waals surface area contributed by atoms with Gasteiger partial charge in [-0.2, -0.15) is 5.10 Å². The van der Waals surface area contributed by atoms with Gasteiger partial charge in [0.1, 0.15) is 5.84 Å². The highest BCUT2D eigenvalue weighted by Gasteiger charge is 2.22. The molecule has 0 amide bonds. The minimum Gasteiger partial charge on any atom is -0.493 e. The molecule has 0 saturated carbocycles. The van der Waals surface area contributed by atoms with Crippen LogP contribution in [0.2, 0.25) is 0 Å². The van der Waals surface area contributed by atoms with E-state index in [-0.39, 0.29) is 11.8 Å². The van der Waals surface area contributed by atoms with Crippen LogP contribution in [0.3, 0.4) is 0 Å². The van der Waals surface area contributed by atoms with Crippen molar-refractivity contribution in [2.24, 2.45) is 10.8 Å². The fourth-order valence-corrected chi connectivity index (χ4v) is 3.82. The summed E-state index contributed by atoms with van der Waals surface area (Å²) in [4.78, 5) is 4.46. The van der Waals surface area contributed by atoms with E-state index >= 15 is 0 Å². The summed E-state index contributed by atoms with van der Waals surface area (Å²) in [7, 11) is 4.68. The summed E-state index contributed by atoms with van der Waals surface area (Å²) >= 11 is 0. The number of benzene rings is 2. The first-order chi connectivity index (χ1) is 15.0. The number of nitrogens with zero attached hydrogens (tertiary/aromatic N) is 3. The van der Waals surface area contributed by atoms with Crippen LogP contribution in [0.1, 0.15) is 23.1 Å². The van der Waals surface area contributed by atoms with Gasteiger partial charge >= 0.3 is 0 Å². The molecular formula is C22H24N6O3. The molecule has 0 radical (unpaired) electrons. The molecule has 1 heterocycles. The Morgan fingerprint density at radius 2 is 1.81 bits per heavy atom. The molecule has 5 N–H and O–H groups in total. The summed E-state index contributed by atoms with van der Waals surface area (Å²) in [6.45, 7) is 0. The number of anilines is 1. The number of fused-ring (bicyclic) bond motifs is 1. The highest BCUT2D eigenvalue weighted by Crippen LogP contribution is 2.41. The van der Waals surface area contributed by atoms with Crippen molar-refractivity contribution in [3.05, 3.63) is 53.2 Å². The quantitative estimate of drug-likeness (QED) is 0.415. The third-order valence-corrected chi connectivity index (χ3v) is 5.29. The number of aromatic nitrogens is 2. The predicted molar refractivity (Wildman–Crippen MR) is 119 cm³/mol. The number of nitrogens with two attached hydrogens (primary N) is 2. The summed E-state index contributed by atoms with van der Waals surface area (Å²) in [5.41, 5.74) is 16.9. The van der Waals surface area contributed by atoms with Gasteiger partial charge in [-0.1, -0.05) is 18.2 Å². The Hall–Kier alpha value is -4.01. The Bertz CT molecular complexity index is 1170. The molecule has 0 spiro atoms. The van der Waals surface area contributed by atoms with E-state index in [0.29, 0.717) is 22.9 Å². The van der Waals surface area contributed by atoms with Crippen molar-refractivity contribution in [1.29, 1.82) is 5.41 Å². The second kappa shape index (κ2) is 8.02. The summed E-state index contributed by atoms with van der Waals surface area (Å²) in [5.74, 6) is 1.87. The summed E-state index contributed by atoms with van der Waals surface area (Å²) in [6, 6.07) is 9.35. The average molecular weight is 420 g/mol. The van der Waals surface area contributed by atoms with Crippen LogP contribution in [-0.4, -0.2) is 42.5 Å². The van der Waals surface area contributed by atoms with Crippen LogP contribution in [0, 0.1) is 5.41 Å². The lowest BCUT2D eigenvalue weighted by atomic mass is 10.0. The normalized spacial score (nSPS) is 13.8. The summed E-state index contributed by atoms with van der Waals surface area (Å²) < 4.78 is 17.8. The van der Waals surface area contributed by atoms with Crippen molar-refractivity contribution in [3.63, 3.8) is 0 Å². The molecule has 0 atom stereocenters. The number of hydrogen-bond donors (Lipinski definition) is 3. The number of methoxy groups -OCH3 is 3. The van der Waals surface area contributed by atoms with E-state index < -0.39 is 0 Å². The maximum Gasteiger partial charge on any atom is 0.221 e. The Labute approximate surface area is 179 Å².